The summed E-state index contributed by atoms with van der Waals surface area (Å²) in [5, 5.41) is 7.63. The van der Waals surface area contributed by atoms with Crippen molar-refractivity contribution in [3.05, 3.63) is 131 Å². The van der Waals surface area contributed by atoms with Crippen LogP contribution in [0.15, 0.2) is 109 Å². The van der Waals surface area contributed by atoms with Crippen molar-refractivity contribution in [2.24, 2.45) is 0 Å². The van der Waals surface area contributed by atoms with Gasteiger partial charge in [-0.1, -0.05) is 97.1 Å². The number of nitrogens with one attached hydrogen (secondary N) is 2. The van der Waals surface area contributed by atoms with Crippen LogP contribution < -0.4 is 20.1 Å². The maximum absolute atomic E-state index is 5.78. The highest BCUT2D eigenvalue weighted by atomic mass is 16.5. The average Bonchev–Trinajstić information content (AvgIpc) is 2.91. The number of methoxy groups -OCH3 is 2. The summed E-state index contributed by atoms with van der Waals surface area (Å²) in [6.07, 6.45) is 0. The predicted molar refractivity (Wildman–Crippen MR) is 138 cm³/mol. The Morgan fingerprint density at radius 1 is 0.500 bits per heavy atom. The first-order valence-electron chi connectivity index (χ1n) is 11.6. The first-order chi connectivity index (χ1) is 16.8. The van der Waals surface area contributed by atoms with Gasteiger partial charge in [-0.25, -0.2) is 0 Å². The normalized spacial score (nSPS) is 12.6. The Morgan fingerprint density at radius 2 is 0.853 bits per heavy atom. The number of ether oxygens (including phenoxy) is 2. The van der Waals surface area contributed by atoms with Gasteiger partial charge in [-0.15, -0.1) is 0 Å². The zero-order valence-corrected chi connectivity index (χ0v) is 19.8. The van der Waals surface area contributed by atoms with Gasteiger partial charge in [0.05, 0.1) is 26.3 Å². The average molecular weight is 453 g/mol. The molecule has 0 fully saturated rings. The van der Waals surface area contributed by atoms with E-state index in [4.69, 9.17) is 9.47 Å². The van der Waals surface area contributed by atoms with Crippen LogP contribution in [0.3, 0.4) is 0 Å². The summed E-state index contributed by atoms with van der Waals surface area (Å²) in [5.74, 6) is 1.71. The molecule has 0 bridgehead atoms. The molecule has 2 unspecified atom stereocenters. The molecule has 0 spiro atoms. The lowest BCUT2D eigenvalue weighted by Gasteiger charge is -2.32. The minimum Gasteiger partial charge on any atom is -0.496 e. The van der Waals surface area contributed by atoms with Crippen LogP contribution in [0.1, 0.15) is 34.3 Å². The first-order valence-corrected chi connectivity index (χ1v) is 11.6. The molecule has 0 aliphatic rings. The molecule has 4 heteroatoms. The number of rotatable bonds is 11. The quantitative estimate of drug-likeness (QED) is 0.290. The van der Waals surface area contributed by atoms with Crippen molar-refractivity contribution >= 4 is 0 Å². The van der Waals surface area contributed by atoms with Gasteiger partial charge in [-0.2, -0.15) is 0 Å². The third-order valence-electron chi connectivity index (χ3n) is 6.02. The number of hydrogen-bond acceptors (Lipinski definition) is 4. The van der Waals surface area contributed by atoms with Gasteiger partial charge in [0.15, 0.2) is 0 Å². The van der Waals surface area contributed by atoms with Gasteiger partial charge in [0.2, 0.25) is 0 Å². The lowest BCUT2D eigenvalue weighted by molar-refractivity contribution is 0.341. The highest BCUT2D eigenvalue weighted by Gasteiger charge is 2.29. The molecule has 0 saturated heterocycles. The molecule has 174 valence electrons. The van der Waals surface area contributed by atoms with E-state index in [1.165, 1.54) is 11.1 Å². The van der Waals surface area contributed by atoms with Crippen LogP contribution in [0.2, 0.25) is 0 Å². The number of benzene rings is 4. The largest absolute Gasteiger partial charge is 0.496 e. The van der Waals surface area contributed by atoms with E-state index >= 15 is 0 Å². The molecule has 34 heavy (non-hydrogen) atoms. The van der Waals surface area contributed by atoms with Crippen LogP contribution in [-0.2, 0) is 13.1 Å². The molecule has 4 rings (SSSR count). The molecule has 0 amide bonds. The predicted octanol–water partition coefficient (Wildman–Crippen LogP) is 6.07. The Labute approximate surface area is 202 Å². The van der Waals surface area contributed by atoms with E-state index in [9.17, 15) is 0 Å². The van der Waals surface area contributed by atoms with E-state index in [-0.39, 0.29) is 12.1 Å². The van der Waals surface area contributed by atoms with E-state index in [0.717, 1.165) is 35.7 Å². The van der Waals surface area contributed by atoms with Crippen molar-refractivity contribution in [1.82, 2.24) is 10.6 Å². The Balaban J connectivity index is 1.75. The van der Waals surface area contributed by atoms with Crippen LogP contribution in [0, 0.1) is 0 Å². The van der Waals surface area contributed by atoms with Gasteiger partial charge >= 0.3 is 0 Å². The molecule has 0 heterocycles. The zero-order chi connectivity index (χ0) is 23.6. The van der Waals surface area contributed by atoms with Crippen LogP contribution in [-0.4, -0.2) is 14.2 Å². The van der Waals surface area contributed by atoms with Crippen molar-refractivity contribution in [2.45, 2.75) is 25.2 Å². The van der Waals surface area contributed by atoms with E-state index in [0.29, 0.717) is 0 Å². The fourth-order valence-electron chi connectivity index (χ4n) is 4.31. The molecule has 0 aliphatic heterocycles. The second-order valence-electron chi connectivity index (χ2n) is 8.17. The fourth-order valence-corrected chi connectivity index (χ4v) is 4.31. The summed E-state index contributed by atoms with van der Waals surface area (Å²) in [7, 11) is 3.45. The van der Waals surface area contributed by atoms with E-state index in [1.807, 2.05) is 36.4 Å². The standard InChI is InChI=1S/C30H32N2O2/c1-33-27-19-11-9-17-25(27)29(31-21-23-13-5-3-6-14-23)30(26-18-10-12-20-28(26)34-2)32-22-24-15-7-4-8-16-24/h3-20,29-32H,21-22H2,1-2H3. The van der Waals surface area contributed by atoms with Crippen molar-refractivity contribution < 1.29 is 9.47 Å². The monoisotopic (exact) mass is 452 g/mol. The summed E-state index contributed by atoms with van der Waals surface area (Å²) in [4.78, 5) is 0. The lowest BCUT2D eigenvalue weighted by Crippen LogP contribution is -2.35. The highest BCUT2D eigenvalue weighted by Crippen LogP contribution is 2.38. The van der Waals surface area contributed by atoms with E-state index in [1.54, 1.807) is 14.2 Å². The minimum atomic E-state index is -0.0728. The third kappa shape index (κ3) is 5.84. The maximum Gasteiger partial charge on any atom is 0.123 e. The van der Waals surface area contributed by atoms with Gasteiger partial charge in [0.1, 0.15) is 11.5 Å². The van der Waals surface area contributed by atoms with Gasteiger partial charge < -0.3 is 20.1 Å². The molecule has 0 aromatic heterocycles. The summed E-state index contributed by atoms with van der Waals surface area (Å²) >= 11 is 0. The molecule has 2 atom stereocenters. The summed E-state index contributed by atoms with van der Waals surface area (Å²) in [6.45, 7) is 1.45. The van der Waals surface area contributed by atoms with Crippen molar-refractivity contribution in [3.63, 3.8) is 0 Å². The molecular weight excluding hydrogens is 420 g/mol. The molecule has 2 N–H and O–H groups in total. The minimum absolute atomic E-state index is 0.0728. The third-order valence-corrected chi connectivity index (χ3v) is 6.02. The molecular formula is C30H32N2O2. The second-order valence-corrected chi connectivity index (χ2v) is 8.17. The summed E-state index contributed by atoms with van der Waals surface area (Å²) < 4.78 is 11.6. The van der Waals surface area contributed by atoms with Crippen molar-refractivity contribution in [1.29, 1.82) is 0 Å². The van der Waals surface area contributed by atoms with Crippen LogP contribution in [0.5, 0.6) is 11.5 Å². The molecule has 0 aliphatic carbocycles. The second kappa shape index (κ2) is 12.0. The molecule has 4 nitrogen and oxygen atoms in total. The van der Waals surface area contributed by atoms with Gasteiger partial charge in [-0.05, 0) is 23.3 Å². The lowest BCUT2D eigenvalue weighted by atomic mass is 9.91. The molecule has 0 saturated carbocycles. The van der Waals surface area contributed by atoms with E-state index < -0.39 is 0 Å². The highest BCUT2D eigenvalue weighted by molar-refractivity contribution is 5.42. The topological polar surface area (TPSA) is 42.5 Å². The molecule has 0 radical (unpaired) electrons. The van der Waals surface area contributed by atoms with Crippen molar-refractivity contribution in [3.8, 4) is 11.5 Å². The summed E-state index contributed by atoms with van der Waals surface area (Å²) in [6, 6.07) is 37.2. The number of para-hydroxylation sites is 2. The van der Waals surface area contributed by atoms with Crippen LogP contribution in [0.25, 0.3) is 0 Å². The Morgan fingerprint density at radius 3 is 1.24 bits per heavy atom. The zero-order valence-electron chi connectivity index (χ0n) is 19.8. The molecule has 4 aromatic rings. The Bertz CT molecular complexity index is 1060. The van der Waals surface area contributed by atoms with Crippen LogP contribution >= 0.6 is 0 Å². The smallest absolute Gasteiger partial charge is 0.123 e. The van der Waals surface area contributed by atoms with Crippen molar-refractivity contribution in [2.75, 3.05) is 14.2 Å². The molecule has 4 aromatic carbocycles. The fraction of sp³-hybridized carbons (Fsp3) is 0.200. The Kier molecular flexibility index (Phi) is 8.33. The number of hydrogen-bond donors (Lipinski definition) is 2. The Hall–Kier alpha value is -3.60. The van der Waals surface area contributed by atoms with Gasteiger partial charge in [0, 0.05) is 24.2 Å². The van der Waals surface area contributed by atoms with Crippen LogP contribution in [0.4, 0.5) is 0 Å². The first kappa shape index (κ1) is 23.6. The van der Waals surface area contributed by atoms with Gasteiger partial charge in [0.25, 0.3) is 0 Å². The van der Waals surface area contributed by atoms with Gasteiger partial charge in [-0.3, -0.25) is 0 Å². The SMILES string of the molecule is COc1ccccc1C(NCc1ccccc1)C(NCc1ccccc1)c1ccccc1OC. The van der Waals surface area contributed by atoms with E-state index in [2.05, 4.69) is 83.4 Å². The maximum atomic E-state index is 5.78. The summed E-state index contributed by atoms with van der Waals surface area (Å²) in [5.41, 5.74) is 4.64.